The van der Waals surface area contributed by atoms with Crippen molar-refractivity contribution in [3.8, 4) is 0 Å². The van der Waals surface area contributed by atoms with Crippen LogP contribution in [0.25, 0.3) is 0 Å². The van der Waals surface area contributed by atoms with E-state index in [0.29, 0.717) is 5.92 Å². The van der Waals surface area contributed by atoms with Gasteiger partial charge in [-0.1, -0.05) is 13.8 Å². The summed E-state index contributed by atoms with van der Waals surface area (Å²) < 4.78 is 0. The zero-order valence-corrected chi connectivity index (χ0v) is 5.92. The fourth-order valence-corrected chi connectivity index (χ4v) is 0. The van der Waals surface area contributed by atoms with E-state index in [1.165, 1.54) is 0 Å². The fourth-order valence-electron chi connectivity index (χ4n) is 0. The molecule has 0 saturated carbocycles. The molecule has 0 aliphatic rings. The Morgan fingerprint density at radius 1 is 1.57 bits per heavy atom. The molecule has 1 heteroatoms. The molecule has 0 aromatic carbocycles. The molecular weight excluding hydrogens is 108 g/mol. The summed E-state index contributed by atoms with van der Waals surface area (Å²) in [4.78, 5) is -0.278. The van der Waals surface area contributed by atoms with E-state index in [0.717, 1.165) is 0 Å². The first kappa shape index (κ1) is 7.29. The van der Waals surface area contributed by atoms with Crippen LogP contribution in [0.1, 0.15) is 20.8 Å². The van der Waals surface area contributed by atoms with Crippen LogP contribution >= 0.6 is 11.6 Å². The van der Waals surface area contributed by atoms with Gasteiger partial charge in [0.1, 0.15) is 0 Å². The Kier molecular flexibility index (Phi) is 2.12. The van der Waals surface area contributed by atoms with Crippen LogP contribution in [0.2, 0.25) is 0 Å². The summed E-state index contributed by atoms with van der Waals surface area (Å²) in [6.07, 6.45) is 0. The first-order valence-electron chi connectivity index (χ1n) is 2.49. The normalized spacial score (nSPS) is 12.9. The lowest BCUT2D eigenvalue weighted by Crippen LogP contribution is -2.18. The van der Waals surface area contributed by atoms with Crippen LogP contribution in [-0.2, 0) is 0 Å². The summed E-state index contributed by atoms with van der Waals surface area (Å²) in [6.45, 7) is 9.76. The number of hydrogen-bond acceptors (Lipinski definition) is 0. The third-order valence-electron chi connectivity index (χ3n) is 1.20. The van der Waals surface area contributed by atoms with Crippen molar-refractivity contribution in [2.24, 2.45) is 5.92 Å². The van der Waals surface area contributed by atoms with Crippen LogP contribution < -0.4 is 0 Å². The van der Waals surface area contributed by atoms with Crippen molar-refractivity contribution in [3.05, 3.63) is 6.92 Å². The number of halogens is 1. The third-order valence-corrected chi connectivity index (χ3v) is 1.64. The van der Waals surface area contributed by atoms with Gasteiger partial charge in [-0.2, -0.15) is 0 Å². The molecule has 0 N–H and O–H groups in total. The Bertz CT molecular complexity index is 49.7. The summed E-state index contributed by atoms with van der Waals surface area (Å²) in [6, 6.07) is 0. The number of hydrogen-bond donors (Lipinski definition) is 0. The number of rotatable bonds is 1. The summed E-state index contributed by atoms with van der Waals surface area (Å²) in [5.74, 6) is 0.453. The quantitative estimate of drug-likeness (QED) is 0.466. The Morgan fingerprint density at radius 3 is 1.71 bits per heavy atom. The van der Waals surface area contributed by atoms with Crippen molar-refractivity contribution < 1.29 is 0 Å². The fraction of sp³-hybridized carbons (Fsp3) is 0.833. The van der Waals surface area contributed by atoms with Gasteiger partial charge >= 0.3 is 0 Å². The third kappa shape index (κ3) is 2.93. The monoisotopic (exact) mass is 119 g/mol. The molecule has 7 heavy (non-hydrogen) atoms. The molecule has 0 saturated heterocycles. The van der Waals surface area contributed by atoms with Gasteiger partial charge < -0.3 is 0 Å². The molecule has 0 aromatic heterocycles. The highest BCUT2D eigenvalue weighted by atomic mass is 35.5. The summed E-state index contributed by atoms with van der Waals surface area (Å²) in [7, 11) is 0. The van der Waals surface area contributed by atoms with Crippen LogP contribution in [-0.4, -0.2) is 4.87 Å². The molecule has 0 heterocycles. The van der Waals surface area contributed by atoms with E-state index in [2.05, 4.69) is 20.8 Å². The van der Waals surface area contributed by atoms with Crippen molar-refractivity contribution in [1.82, 2.24) is 0 Å². The van der Waals surface area contributed by atoms with Gasteiger partial charge in [0.15, 0.2) is 0 Å². The maximum atomic E-state index is 5.76. The molecule has 0 amide bonds. The van der Waals surface area contributed by atoms with Crippen LogP contribution in [0.5, 0.6) is 0 Å². The molecule has 0 aliphatic carbocycles. The highest BCUT2D eigenvalue weighted by Gasteiger charge is 2.17. The highest BCUT2D eigenvalue weighted by Crippen LogP contribution is 2.21. The van der Waals surface area contributed by atoms with E-state index in [9.17, 15) is 0 Å². The van der Waals surface area contributed by atoms with Gasteiger partial charge in [-0.05, 0) is 19.8 Å². The first-order valence-corrected chi connectivity index (χ1v) is 2.86. The molecule has 43 valence electrons. The summed E-state index contributed by atoms with van der Waals surface area (Å²) >= 11 is 5.76. The minimum atomic E-state index is -0.278. The van der Waals surface area contributed by atoms with Crippen molar-refractivity contribution in [2.75, 3.05) is 0 Å². The zero-order valence-electron chi connectivity index (χ0n) is 5.16. The van der Waals surface area contributed by atoms with E-state index in [-0.39, 0.29) is 4.87 Å². The lowest BCUT2D eigenvalue weighted by Gasteiger charge is -2.19. The molecule has 1 unspecified atom stereocenters. The molecule has 0 rings (SSSR count). The van der Waals surface area contributed by atoms with E-state index in [1.54, 1.807) is 0 Å². The standard InChI is InChI=1S/C6H12Cl/c1-5(2)6(3,4)7/h5H,3H2,1-2,4H3. The topological polar surface area (TPSA) is 0 Å². The molecule has 0 fully saturated rings. The van der Waals surface area contributed by atoms with E-state index < -0.39 is 0 Å². The van der Waals surface area contributed by atoms with Crippen molar-refractivity contribution >= 4 is 11.6 Å². The van der Waals surface area contributed by atoms with Gasteiger partial charge in [-0.25, -0.2) is 0 Å². The average Bonchev–Trinajstić information content (AvgIpc) is 1.31. The van der Waals surface area contributed by atoms with Gasteiger partial charge in [0.25, 0.3) is 0 Å². The minimum Gasteiger partial charge on any atom is -0.119 e. The van der Waals surface area contributed by atoms with E-state index in [4.69, 9.17) is 11.6 Å². The first-order chi connectivity index (χ1) is 2.94. The Labute approximate surface area is 50.9 Å². The molecule has 0 aliphatic heterocycles. The second-order valence-corrected chi connectivity index (χ2v) is 3.30. The average molecular weight is 120 g/mol. The van der Waals surface area contributed by atoms with E-state index in [1.807, 2.05) is 6.92 Å². The summed E-state index contributed by atoms with van der Waals surface area (Å²) in [5.41, 5.74) is 0. The van der Waals surface area contributed by atoms with Gasteiger partial charge in [0.2, 0.25) is 0 Å². The van der Waals surface area contributed by atoms with Crippen molar-refractivity contribution in [2.45, 2.75) is 25.6 Å². The van der Waals surface area contributed by atoms with E-state index >= 15 is 0 Å². The van der Waals surface area contributed by atoms with Crippen LogP contribution in [0.4, 0.5) is 0 Å². The van der Waals surface area contributed by atoms with Crippen LogP contribution in [0.3, 0.4) is 0 Å². The minimum absolute atomic E-state index is 0.278. The molecule has 0 spiro atoms. The van der Waals surface area contributed by atoms with Gasteiger partial charge in [-0.15, -0.1) is 11.6 Å². The van der Waals surface area contributed by atoms with Gasteiger partial charge in [0, 0.05) is 4.87 Å². The maximum Gasteiger partial charge on any atom is 0.0442 e. The van der Waals surface area contributed by atoms with Crippen molar-refractivity contribution in [1.29, 1.82) is 0 Å². The van der Waals surface area contributed by atoms with Crippen LogP contribution in [0, 0.1) is 12.8 Å². The highest BCUT2D eigenvalue weighted by molar-refractivity contribution is 6.24. The lowest BCUT2D eigenvalue weighted by atomic mass is 10.00. The largest absolute Gasteiger partial charge is 0.119 e. The number of alkyl halides is 1. The molecule has 0 aromatic rings. The zero-order chi connectivity index (χ0) is 6.08. The molecule has 0 nitrogen and oxygen atoms in total. The molecule has 1 atom stereocenters. The Morgan fingerprint density at radius 2 is 1.71 bits per heavy atom. The maximum absolute atomic E-state index is 5.76. The van der Waals surface area contributed by atoms with Crippen LogP contribution in [0.15, 0.2) is 0 Å². The SMILES string of the molecule is [CH2]C(C)(Cl)C(C)C. The predicted molar refractivity (Wildman–Crippen MR) is 34.5 cm³/mol. The molecular formula is C6H12Cl. The molecule has 0 bridgehead atoms. The molecule has 1 radical (unpaired) electrons. The summed E-state index contributed by atoms with van der Waals surface area (Å²) in [5, 5.41) is 0. The lowest BCUT2D eigenvalue weighted by molar-refractivity contribution is 0.535. The van der Waals surface area contributed by atoms with Gasteiger partial charge in [-0.3, -0.25) is 0 Å². The predicted octanol–water partition coefficient (Wildman–Crippen LogP) is 2.47. The second-order valence-electron chi connectivity index (χ2n) is 2.43. The van der Waals surface area contributed by atoms with Gasteiger partial charge in [0.05, 0.1) is 0 Å². The smallest absolute Gasteiger partial charge is 0.0442 e. The Balaban J connectivity index is 3.54. The Hall–Kier alpha value is 0.290. The van der Waals surface area contributed by atoms with Crippen molar-refractivity contribution in [3.63, 3.8) is 0 Å². The second kappa shape index (κ2) is 2.04.